The van der Waals surface area contributed by atoms with Gasteiger partial charge in [0.15, 0.2) is 0 Å². The number of pyridine rings is 1. The SMILES string of the molecule is [C-]#[N+]c1ccc2c(n1)c(C)nn2C1COC1. The predicted octanol–water partition coefficient (Wildman–Crippen LogP) is 1.86. The molecule has 2 aromatic heterocycles. The van der Waals surface area contributed by atoms with Crippen molar-refractivity contribution in [3.63, 3.8) is 0 Å². The second-order valence-electron chi connectivity index (χ2n) is 3.87. The van der Waals surface area contributed by atoms with Crippen molar-refractivity contribution >= 4 is 16.9 Å². The van der Waals surface area contributed by atoms with E-state index in [1.54, 1.807) is 6.07 Å². The summed E-state index contributed by atoms with van der Waals surface area (Å²) < 4.78 is 7.12. The third-order valence-corrected chi connectivity index (χ3v) is 2.79. The molecule has 16 heavy (non-hydrogen) atoms. The summed E-state index contributed by atoms with van der Waals surface area (Å²) in [6.45, 7) is 10.3. The van der Waals surface area contributed by atoms with Gasteiger partial charge in [0, 0.05) is 0 Å². The maximum Gasteiger partial charge on any atom is 0.270 e. The Bertz CT molecular complexity index is 592. The Morgan fingerprint density at radius 1 is 1.50 bits per heavy atom. The first-order chi connectivity index (χ1) is 7.79. The summed E-state index contributed by atoms with van der Waals surface area (Å²) >= 11 is 0. The first kappa shape index (κ1) is 9.31. The van der Waals surface area contributed by atoms with E-state index in [2.05, 4.69) is 14.9 Å². The zero-order valence-electron chi connectivity index (χ0n) is 8.84. The molecule has 80 valence electrons. The lowest BCUT2D eigenvalue weighted by Crippen LogP contribution is -2.31. The molecule has 0 amide bonds. The molecule has 3 rings (SSSR count). The van der Waals surface area contributed by atoms with Gasteiger partial charge in [-0.25, -0.2) is 0 Å². The molecule has 1 aliphatic heterocycles. The van der Waals surface area contributed by atoms with Crippen molar-refractivity contribution in [1.29, 1.82) is 0 Å². The van der Waals surface area contributed by atoms with E-state index in [1.807, 2.05) is 17.7 Å². The molecule has 5 nitrogen and oxygen atoms in total. The van der Waals surface area contributed by atoms with Gasteiger partial charge >= 0.3 is 0 Å². The Labute approximate surface area is 92.5 Å². The monoisotopic (exact) mass is 214 g/mol. The molecule has 0 aliphatic carbocycles. The summed E-state index contributed by atoms with van der Waals surface area (Å²) in [7, 11) is 0. The van der Waals surface area contributed by atoms with E-state index in [-0.39, 0.29) is 0 Å². The van der Waals surface area contributed by atoms with Crippen molar-refractivity contribution in [2.45, 2.75) is 13.0 Å². The first-order valence-electron chi connectivity index (χ1n) is 5.10. The van der Waals surface area contributed by atoms with E-state index in [9.17, 15) is 0 Å². The van der Waals surface area contributed by atoms with Crippen LogP contribution in [0.3, 0.4) is 0 Å². The van der Waals surface area contributed by atoms with Gasteiger partial charge in [0.1, 0.15) is 11.2 Å². The molecule has 5 heteroatoms. The third kappa shape index (κ3) is 1.20. The number of nitrogens with zero attached hydrogens (tertiary/aromatic N) is 4. The minimum atomic E-state index is 0.316. The van der Waals surface area contributed by atoms with Crippen LogP contribution in [0.2, 0.25) is 0 Å². The summed E-state index contributed by atoms with van der Waals surface area (Å²) in [6.07, 6.45) is 0. The molecule has 0 atom stereocenters. The van der Waals surface area contributed by atoms with Gasteiger partial charge in [0.05, 0.1) is 19.3 Å². The smallest absolute Gasteiger partial charge is 0.270 e. The quantitative estimate of drug-likeness (QED) is 0.680. The van der Waals surface area contributed by atoms with Crippen LogP contribution in [0.15, 0.2) is 12.1 Å². The fourth-order valence-corrected chi connectivity index (χ4v) is 1.86. The molecule has 2 aromatic rings. The second kappa shape index (κ2) is 3.29. The molecule has 0 spiro atoms. The Morgan fingerprint density at radius 2 is 2.31 bits per heavy atom. The number of aromatic nitrogens is 3. The van der Waals surface area contributed by atoms with Crippen LogP contribution >= 0.6 is 0 Å². The van der Waals surface area contributed by atoms with Crippen molar-refractivity contribution in [3.05, 3.63) is 29.2 Å². The normalized spacial score (nSPS) is 16.0. The minimum Gasteiger partial charge on any atom is -0.377 e. The Hall–Kier alpha value is -1.93. The summed E-state index contributed by atoms with van der Waals surface area (Å²) in [6, 6.07) is 3.96. The summed E-state index contributed by atoms with van der Waals surface area (Å²) in [5, 5.41) is 4.46. The van der Waals surface area contributed by atoms with Crippen molar-refractivity contribution in [1.82, 2.24) is 14.8 Å². The lowest BCUT2D eigenvalue weighted by Gasteiger charge is -2.26. The molecule has 0 saturated carbocycles. The van der Waals surface area contributed by atoms with Gasteiger partial charge in [-0.3, -0.25) is 4.68 Å². The minimum absolute atomic E-state index is 0.316. The molecule has 1 aliphatic rings. The van der Waals surface area contributed by atoms with Crippen LogP contribution in [0.4, 0.5) is 5.82 Å². The summed E-state index contributed by atoms with van der Waals surface area (Å²) in [5.41, 5.74) is 2.67. The molecular weight excluding hydrogens is 204 g/mol. The number of aryl methyl sites for hydroxylation is 1. The third-order valence-electron chi connectivity index (χ3n) is 2.79. The van der Waals surface area contributed by atoms with E-state index < -0.39 is 0 Å². The number of hydrogen-bond acceptors (Lipinski definition) is 3. The number of ether oxygens (including phenoxy) is 1. The average Bonchev–Trinajstić information content (AvgIpc) is 2.54. The Morgan fingerprint density at radius 3 is 2.94 bits per heavy atom. The van der Waals surface area contributed by atoms with Crippen LogP contribution in [-0.4, -0.2) is 28.0 Å². The average molecular weight is 214 g/mol. The van der Waals surface area contributed by atoms with Crippen molar-refractivity contribution in [3.8, 4) is 0 Å². The standard InChI is InChI=1S/C11H10N4O/c1-7-11-9(3-4-10(12-2)13-11)15(14-7)8-5-16-6-8/h3-4,8H,5-6H2,1H3. The van der Waals surface area contributed by atoms with Crippen molar-refractivity contribution in [2.24, 2.45) is 0 Å². The lowest BCUT2D eigenvalue weighted by atomic mass is 10.2. The van der Waals surface area contributed by atoms with Crippen molar-refractivity contribution in [2.75, 3.05) is 13.2 Å². The van der Waals surface area contributed by atoms with Gasteiger partial charge in [0.25, 0.3) is 5.82 Å². The topological polar surface area (TPSA) is 44.3 Å². The Kier molecular flexibility index (Phi) is 1.91. The second-order valence-corrected chi connectivity index (χ2v) is 3.87. The molecule has 3 heterocycles. The zero-order chi connectivity index (χ0) is 11.1. The molecule has 0 bridgehead atoms. The van der Waals surface area contributed by atoms with E-state index in [0.29, 0.717) is 25.1 Å². The highest BCUT2D eigenvalue weighted by atomic mass is 16.5. The van der Waals surface area contributed by atoms with Gasteiger partial charge in [0.2, 0.25) is 5.52 Å². The van der Waals surface area contributed by atoms with E-state index in [0.717, 1.165) is 16.7 Å². The molecule has 0 N–H and O–H groups in total. The van der Waals surface area contributed by atoms with Gasteiger partial charge in [-0.1, -0.05) is 6.57 Å². The number of fused-ring (bicyclic) bond motifs is 1. The summed E-state index contributed by atoms with van der Waals surface area (Å²) in [5.74, 6) is 0.417. The molecule has 1 fully saturated rings. The van der Waals surface area contributed by atoms with Crippen LogP contribution < -0.4 is 0 Å². The highest BCUT2D eigenvalue weighted by molar-refractivity contribution is 5.79. The summed E-state index contributed by atoms with van der Waals surface area (Å²) in [4.78, 5) is 7.60. The number of hydrogen-bond donors (Lipinski definition) is 0. The fraction of sp³-hybridized carbons (Fsp3) is 0.364. The molecule has 0 aromatic carbocycles. The van der Waals surface area contributed by atoms with Gasteiger partial charge in [-0.15, -0.1) is 4.98 Å². The lowest BCUT2D eigenvalue weighted by molar-refractivity contribution is -0.0267. The molecular formula is C11H10N4O. The zero-order valence-corrected chi connectivity index (χ0v) is 8.84. The van der Waals surface area contributed by atoms with Crippen molar-refractivity contribution < 1.29 is 4.74 Å². The van der Waals surface area contributed by atoms with Crippen LogP contribution in [0.5, 0.6) is 0 Å². The predicted molar refractivity (Wildman–Crippen MR) is 58.4 cm³/mol. The van der Waals surface area contributed by atoms with E-state index in [1.165, 1.54) is 0 Å². The first-order valence-corrected chi connectivity index (χ1v) is 5.10. The maximum atomic E-state index is 6.94. The molecule has 0 unspecified atom stereocenters. The molecule has 1 saturated heterocycles. The fourth-order valence-electron chi connectivity index (χ4n) is 1.86. The molecule has 0 radical (unpaired) electrons. The van der Waals surface area contributed by atoms with E-state index in [4.69, 9.17) is 11.3 Å². The van der Waals surface area contributed by atoms with Crippen LogP contribution in [0.1, 0.15) is 11.7 Å². The highest BCUT2D eigenvalue weighted by Crippen LogP contribution is 2.25. The van der Waals surface area contributed by atoms with Crippen LogP contribution in [0.25, 0.3) is 15.9 Å². The maximum absolute atomic E-state index is 6.94. The Balaban J connectivity index is 2.21. The van der Waals surface area contributed by atoms with E-state index >= 15 is 0 Å². The van der Waals surface area contributed by atoms with Gasteiger partial charge in [-0.05, 0) is 19.1 Å². The van der Waals surface area contributed by atoms with Crippen LogP contribution in [0, 0.1) is 13.5 Å². The van der Waals surface area contributed by atoms with Gasteiger partial charge in [-0.2, -0.15) is 5.10 Å². The highest BCUT2D eigenvalue weighted by Gasteiger charge is 2.25. The number of rotatable bonds is 1. The van der Waals surface area contributed by atoms with Crippen LogP contribution in [-0.2, 0) is 4.74 Å². The largest absolute Gasteiger partial charge is 0.377 e. The van der Waals surface area contributed by atoms with Gasteiger partial charge < -0.3 is 9.58 Å².